The minimum atomic E-state index is -1.22. The van der Waals surface area contributed by atoms with Crippen molar-refractivity contribution in [1.29, 1.82) is 0 Å². The van der Waals surface area contributed by atoms with Crippen molar-refractivity contribution in [3.63, 3.8) is 0 Å². The monoisotopic (exact) mass is 653 g/mol. The largest absolute Gasteiger partial charge is 0.477 e. The Morgan fingerprint density at radius 1 is 1.09 bits per heavy atom. The molecule has 3 aliphatic carbocycles. The number of carboxylic acid groups (broad SMARTS) is 1. The molecule has 0 bridgehead atoms. The van der Waals surface area contributed by atoms with Gasteiger partial charge in [-0.15, -0.1) is 0 Å². The first-order valence-corrected chi connectivity index (χ1v) is 17.2. The van der Waals surface area contributed by atoms with E-state index in [2.05, 4.69) is 84.7 Å². The maximum absolute atomic E-state index is 10.8. The van der Waals surface area contributed by atoms with Crippen molar-refractivity contribution in [3.05, 3.63) is 99.4 Å². The highest BCUT2D eigenvalue weighted by Crippen LogP contribution is 2.77. The van der Waals surface area contributed by atoms with Crippen LogP contribution in [0.25, 0.3) is 0 Å². The Kier molecular flexibility index (Phi) is 14.6. The first-order chi connectivity index (χ1) is 22.5. The number of hydrogen-bond acceptors (Lipinski definition) is 7. The van der Waals surface area contributed by atoms with Crippen molar-refractivity contribution in [2.75, 3.05) is 7.05 Å². The minimum Gasteiger partial charge on any atom is -0.477 e. The standard InChI is InChI=1S/C21H26N2.C13H15N3O2S.C5H10/c1-15(2)16(3)20(23-22-4)12-18-8-5-7-17(11-18)9-6-10-21-13-19(21)14-21;1-2-3-5-9-6-4-7-10(8-9)19-12(16-15)11(14)13(17)18;1-5-3-2-4-5/h5,7-8,11,19,22-23H,1,10,12-14H2,2-4H3;4,6-8,16H,2,14-15H2,1H3,(H,17,18);5H,2-4H2,1H3/b20-16+;12-11+;. The van der Waals surface area contributed by atoms with Gasteiger partial charge in [0.1, 0.15) is 10.7 Å². The van der Waals surface area contributed by atoms with Crippen LogP contribution in [-0.4, -0.2) is 18.1 Å². The SMILES string of the molecule is C=C(C)/C(C)=C(\Cc1cccc(C#CCC23CC2C3)c1)NNC.CC1CCC1.CCC#Cc1cccc(S/C(NN)=C(/N)C(=O)O)c1. The molecule has 0 atom stereocenters. The second-order valence-electron chi connectivity index (χ2n) is 12.6. The van der Waals surface area contributed by atoms with E-state index in [0.717, 1.165) is 70.2 Å². The summed E-state index contributed by atoms with van der Waals surface area (Å²) in [6.45, 7) is 12.5. The Balaban J connectivity index is 0.000000225. The van der Waals surface area contributed by atoms with E-state index < -0.39 is 5.97 Å². The zero-order chi connectivity index (χ0) is 34.4. The summed E-state index contributed by atoms with van der Waals surface area (Å²) in [6, 6.07) is 16.0. The van der Waals surface area contributed by atoms with Crippen LogP contribution in [0.15, 0.2) is 87.6 Å². The highest BCUT2D eigenvalue weighted by Gasteiger charge is 2.68. The molecule has 2 aromatic rings. The molecule has 0 unspecified atom stereocenters. The molecule has 0 heterocycles. The molecule has 5 rings (SSSR count). The molecule has 3 saturated carbocycles. The Labute approximate surface area is 286 Å². The van der Waals surface area contributed by atoms with Crippen LogP contribution < -0.4 is 27.9 Å². The molecule has 7 nitrogen and oxygen atoms in total. The number of carbonyl (C=O) groups is 1. The third kappa shape index (κ3) is 12.2. The molecule has 0 aromatic heterocycles. The summed E-state index contributed by atoms with van der Waals surface area (Å²) in [7, 11) is 1.88. The quantitative estimate of drug-likeness (QED) is 0.0405. The molecule has 0 aliphatic heterocycles. The van der Waals surface area contributed by atoms with Crippen LogP contribution in [0.2, 0.25) is 0 Å². The van der Waals surface area contributed by atoms with Gasteiger partial charge < -0.3 is 21.7 Å². The zero-order valence-corrected chi connectivity index (χ0v) is 29.4. The summed E-state index contributed by atoms with van der Waals surface area (Å²) >= 11 is 1.14. The minimum absolute atomic E-state index is 0.188. The molecule has 0 radical (unpaired) electrons. The fourth-order valence-corrected chi connectivity index (χ4v) is 5.70. The van der Waals surface area contributed by atoms with Gasteiger partial charge in [0, 0.05) is 48.0 Å². The Morgan fingerprint density at radius 3 is 2.21 bits per heavy atom. The van der Waals surface area contributed by atoms with E-state index in [1.165, 1.54) is 43.2 Å². The molecule has 3 aliphatic rings. The number of rotatable bonds is 10. The number of benzene rings is 2. The molecule has 8 heteroatoms. The normalized spacial score (nSPS) is 19.3. The molecule has 3 fully saturated rings. The summed E-state index contributed by atoms with van der Waals surface area (Å²) < 4.78 is 0. The third-order valence-corrected chi connectivity index (χ3v) is 9.70. The molecule has 0 spiro atoms. The lowest BCUT2D eigenvalue weighted by molar-refractivity contribution is -0.132. The van der Waals surface area contributed by atoms with E-state index in [1.807, 2.05) is 45.2 Å². The third-order valence-electron chi connectivity index (χ3n) is 8.66. The Hall–Kier alpha value is -4.08. The lowest BCUT2D eigenvalue weighted by atomic mass is 9.88. The number of carboxylic acids is 1. The number of fused-ring (bicyclic) bond motifs is 1. The van der Waals surface area contributed by atoms with Crippen LogP contribution in [0.1, 0.15) is 89.3 Å². The zero-order valence-electron chi connectivity index (χ0n) is 28.6. The van der Waals surface area contributed by atoms with Crippen molar-refractivity contribution in [1.82, 2.24) is 16.3 Å². The molecule has 0 amide bonds. The molecule has 8 N–H and O–H groups in total. The highest BCUT2D eigenvalue weighted by molar-refractivity contribution is 8.03. The van der Waals surface area contributed by atoms with Gasteiger partial charge in [-0.3, -0.25) is 0 Å². The summed E-state index contributed by atoms with van der Waals surface area (Å²) in [4.78, 5) is 11.6. The number of thioether (sulfide) groups is 1. The predicted molar refractivity (Wildman–Crippen MR) is 195 cm³/mol. The highest BCUT2D eigenvalue weighted by atomic mass is 32.2. The van der Waals surface area contributed by atoms with Crippen LogP contribution in [0.4, 0.5) is 0 Å². The molecule has 2 aromatic carbocycles. The van der Waals surface area contributed by atoms with Gasteiger partial charge >= 0.3 is 5.97 Å². The number of hydrazine groups is 2. The average molecular weight is 654 g/mol. The van der Waals surface area contributed by atoms with E-state index in [0.29, 0.717) is 5.41 Å². The molecule has 0 saturated heterocycles. The van der Waals surface area contributed by atoms with E-state index in [-0.39, 0.29) is 10.7 Å². The van der Waals surface area contributed by atoms with Crippen molar-refractivity contribution in [3.8, 4) is 23.7 Å². The molecular weight excluding hydrogens is 603 g/mol. The Morgan fingerprint density at radius 2 is 1.70 bits per heavy atom. The van der Waals surface area contributed by atoms with Crippen molar-refractivity contribution in [2.45, 2.75) is 84.0 Å². The van der Waals surface area contributed by atoms with Gasteiger partial charge in [-0.25, -0.2) is 16.1 Å². The van der Waals surface area contributed by atoms with E-state index in [4.69, 9.17) is 16.7 Å². The second-order valence-corrected chi connectivity index (χ2v) is 13.7. The van der Waals surface area contributed by atoms with Gasteiger partial charge in [-0.05, 0) is 85.4 Å². The smallest absolute Gasteiger partial charge is 0.354 e. The maximum Gasteiger partial charge on any atom is 0.354 e. The predicted octanol–water partition coefficient (Wildman–Crippen LogP) is 6.98. The summed E-state index contributed by atoms with van der Waals surface area (Å²) in [5.41, 5.74) is 21.0. The van der Waals surface area contributed by atoms with Crippen LogP contribution >= 0.6 is 11.8 Å². The van der Waals surface area contributed by atoms with E-state index >= 15 is 0 Å². The van der Waals surface area contributed by atoms with Gasteiger partial charge in [-0.1, -0.05) is 98.9 Å². The maximum atomic E-state index is 10.8. The number of allylic oxidation sites excluding steroid dienone is 3. The number of nitrogens with two attached hydrogens (primary N) is 2. The van der Waals surface area contributed by atoms with E-state index in [9.17, 15) is 4.79 Å². The van der Waals surface area contributed by atoms with Crippen molar-refractivity contribution >= 4 is 17.7 Å². The van der Waals surface area contributed by atoms with Gasteiger partial charge in [0.25, 0.3) is 0 Å². The summed E-state index contributed by atoms with van der Waals surface area (Å²) in [5.74, 6) is 18.8. The summed E-state index contributed by atoms with van der Waals surface area (Å²) in [6.07, 6.45) is 10.0. The first-order valence-electron chi connectivity index (χ1n) is 16.3. The molecule has 250 valence electrons. The van der Waals surface area contributed by atoms with Gasteiger partial charge in [-0.2, -0.15) is 0 Å². The van der Waals surface area contributed by atoms with Crippen molar-refractivity contribution < 1.29 is 9.90 Å². The summed E-state index contributed by atoms with van der Waals surface area (Å²) in [5, 5.41) is 9.01. The lowest BCUT2D eigenvalue weighted by Gasteiger charge is -2.18. The lowest BCUT2D eigenvalue weighted by Crippen LogP contribution is -2.29. The van der Waals surface area contributed by atoms with Gasteiger partial charge in [0.15, 0.2) is 0 Å². The number of aliphatic carboxylic acids is 1. The van der Waals surface area contributed by atoms with Crippen LogP contribution in [0.5, 0.6) is 0 Å². The topological polar surface area (TPSA) is 125 Å². The fourth-order valence-electron chi connectivity index (χ4n) is 4.87. The van der Waals surface area contributed by atoms with Crippen LogP contribution in [0.3, 0.4) is 0 Å². The van der Waals surface area contributed by atoms with Crippen LogP contribution in [0, 0.1) is 40.9 Å². The first kappa shape index (κ1) is 37.4. The number of hydrogen-bond donors (Lipinski definition) is 6. The van der Waals surface area contributed by atoms with Gasteiger partial charge in [0.05, 0.1) is 0 Å². The Bertz CT molecular complexity index is 1590. The van der Waals surface area contributed by atoms with Crippen LogP contribution in [-0.2, 0) is 11.2 Å². The van der Waals surface area contributed by atoms with Gasteiger partial charge in [0.2, 0.25) is 0 Å². The van der Waals surface area contributed by atoms with E-state index in [1.54, 1.807) is 0 Å². The second kappa shape index (κ2) is 18.3. The average Bonchev–Trinajstić information content (AvgIpc) is 3.93. The fraction of sp³-hybridized carbons (Fsp3) is 0.410. The molecule has 47 heavy (non-hydrogen) atoms. The van der Waals surface area contributed by atoms with Crippen molar-refractivity contribution in [2.24, 2.45) is 28.8 Å². The molecular formula is C39H51N5O2S. The number of nitrogens with one attached hydrogen (secondary N) is 3.